The van der Waals surface area contributed by atoms with Gasteiger partial charge in [-0.1, -0.05) is 66.4 Å². The van der Waals surface area contributed by atoms with E-state index in [1.165, 1.54) is 60.3 Å². The number of H-pyrrole nitrogens is 1. The normalized spacial score (nSPS) is 22.8. The highest BCUT2D eigenvalue weighted by Crippen LogP contribution is 2.71. The number of amides is 3. The van der Waals surface area contributed by atoms with E-state index in [4.69, 9.17) is 28.2 Å². The molecule has 6 aromatic rings. The van der Waals surface area contributed by atoms with E-state index < -0.39 is 141 Å². The van der Waals surface area contributed by atoms with E-state index in [9.17, 15) is 80.1 Å². The van der Waals surface area contributed by atoms with Crippen molar-refractivity contribution in [3.63, 3.8) is 0 Å². The zero-order valence-corrected chi connectivity index (χ0v) is 50.4. The van der Waals surface area contributed by atoms with Crippen LogP contribution >= 0.6 is 54.8 Å². The number of carbonyl (C=O) groups is 3. The maximum Gasteiger partial charge on any atom is 0.490 e. The Balaban J connectivity index is 0.997. The molecule has 0 aliphatic carbocycles. The molecule has 3 aromatic carbocycles. The Labute approximate surface area is 506 Å². The molecule has 10 N–H and O–H groups in total. The number of imidazole rings is 1. The molecule has 3 aromatic heterocycles. The lowest BCUT2D eigenvalue weighted by Crippen LogP contribution is -2.42. The molecule has 482 valence electrons. The zero-order valence-electron chi connectivity index (χ0n) is 45.2. The number of alkyl halides is 3. The van der Waals surface area contributed by atoms with Gasteiger partial charge >= 0.3 is 61.4 Å². The van der Waals surface area contributed by atoms with Crippen molar-refractivity contribution in [2.75, 3.05) is 58.8 Å². The Hall–Kier alpha value is -6.57. The van der Waals surface area contributed by atoms with Crippen molar-refractivity contribution >= 4 is 107 Å². The van der Waals surface area contributed by atoms with Gasteiger partial charge in [0.1, 0.15) is 18.3 Å². The summed E-state index contributed by atoms with van der Waals surface area (Å²) in [6.45, 7) is -2.44. The largest absolute Gasteiger partial charge is 0.490 e. The second kappa shape index (κ2) is 29.6. The lowest BCUT2D eigenvalue weighted by molar-refractivity contribution is -0.129. The summed E-state index contributed by atoms with van der Waals surface area (Å²) in [5, 5.41) is 21.2. The minimum Gasteiger partial charge on any atom is -0.439 e. The molecule has 12 atom stereocenters. The van der Waals surface area contributed by atoms with E-state index >= 15 is 0 Å². The van der Waals surface area contributed by atoms with Crippen molar-refractivity contribution in [3.8, 4) is 0 Å². The van der Waals surface area contributed by atoms with Gasteiger partial charge in [-0.3, -0.25) is 43.9 Å². The highest BCUT2D eigenvalue weighted by molar-refractivity contribution is 7.99. The van der Waals surface area contributed by atoms with Gasteiger partial charge in [0.2, 0.25) is 0 Å². The number of aromatic amines is 1. The van der Waals surface area contributed by atoms with Crippen LogP contribution in [0.5, 0.6) is 0 Å². The lowest BCUT2D eigenvalue weighted by Gasteiger charge is -2.25. The minimum atomic E-state index is -6.54. The number of carbonyl (C=O) groups excluding carboxylic acids is 3. The summed E-state index contributed by atoms with van der Waals surface area (Å²) in [6, 6.07) is 23.7. The van der Waals surface area contributed by atoms with Crippen LogP contribution in [0.1, 0.15) is 18.9 Å². The number of fused-ring (bicyclic) bond motifs is 1. The maximum atomic E-state index is 13.7. The van der Waals surface area contributed by atoms with Gasteiger partial charge < -0.3 is 53.7 Å². The molecule has 43 heteroatoms. The SMILES string of the molecule is CSCCNc1nc(SCCC(F)(F)F)nc2c1ncn2C1OC(COP(=O)(O)OP(=O)(O)OP(=O)(O)OP(=O)(O)OCC2OC(n3ccc(=O)[nH]c3=O)C(OC(=O)Nc3ccccc3)C2O)C(OC(=O)Nc2ccccc2)C1OC(=O)Nc1ccccc1. The Morgan fingerprint density at radius 2 is 1.15 bits per heavy atom. The van der Waals surface area contributed by atoms with Crippen molar-refractivity contribution in [2.24, 2.45) is 0 Å². The first-order valence-electron chi connectivity index (χ1n) is 25.3. The number of halogens is 3. The molecule has 2 aliphatic heterocycles. The van der Waals surface area contributed by atoms with Crippen LogP contribution in [0.4, 0.5) is 50.4 Å². The van der Waals surface area contributed by atoms with E-state index in [0.717, 1.165) is 23.2 Å². The van der Waals surface area contributed by atoms with Crippen LogP contribution in [0.2, 0.25) is 0 Å². The number of hydrogen-bond acceptors (Lipinski definition) is 26. The summed E-state index contributed by atoms with van der Waals surface area (Å²) in [4.78, 5) is 122. The van der Waals surface area contributed by atoms with Gasteiger partial charge in [-0.25, -0.2) is 52.4 Å². The summed E-state index contributed by atoms with van der Waals surface area (Å²) in [7, 11) is -25.3. The second-order valence-electron chi connectivity index (χ2n) is 18.2. The number of rotatable bonds is 27. The Kier molecular flexibility index (Phi) is 22.7. The first-order valence-corrected chi connectivity index (χ1v) is 33.7. The number of nitrogens with zero attached hydrogens (tertiary/aromatic N) is 5. The maximum absolute atomic E-state index is 13.7. The van der Waals surface area contributed by atoms with Crippen molar-refractivity contribution in [3.05, 3.63) is 130 Å². The number of nitrogens with one attached hydrogen (secondary N) is 5. The van der Waals surface area contributed by atoms with Crippen molar-refractivity contribution in [1.29, 1.82) is 0 Å². The van der Waals surface area contributed by atoms with Gasteiger partial charge in [0.05, 0.1) is 26.0 Å². The van der Waals surface area contributed by atoms with Crippen LogP contribution < -0.4 is 32.5 Å². The number of phosphoric ester groups is 2. The molecule has 12 unspecified atom stereocenters. The third-order valence-electron chi connectivity index (χ3n) is 11.8. The molecule has 89 heavy (non-hydrogen) atoms. The average molecular weight is 1370 g/mol. The molecule has 0 radical (unpaired) electrons. The van der Waals surface area contributed by atoms with Crippen molar-refractivity contribution < 1.29 is 116 Å². The fourth-order valence-corrected chi connectivity index (χ4v) is 14.2. The van der Waals surface area contributed by atoms with Crippen molar-refractivity contribution in [1.82, 2.24) is 29.1 Å². The average Bonchev–Trinajstić information content (AvgIpc) is 1.74. The number of thioether (sulfide) groups is 2. The quantitative estimate of drug-likeness (QED) is 0.00844. The van der Waals surface area contributed by atoms with Crippen molar-refractivity contribution in [2.45, 2.75) is 66.8 Å². The first-order chi connectivity index (χ1) is 42.1. The standard InChI is InChI=1S/C46H51F3N10O24P4S2/c1-88-22-19-50-37-32-38(57-41(56-37)89-21-18-46(47,48)49)59(25-51-32)40-36(80-45(65)54-28-15-9-4-10-16-28)34(78-43(63)52-26-11-5-2-6-12-26)30(77-40)24-75-85(68,69)82-87(72,73)83-86(70,71)81-84(66,67)74-23-29-33(61)35(79-44(64)53-27-13-7-3-8-14-27)39(76-29)58-20-17-31(60)55-42(58)62/h2-17,20,25,29-30,33-36,39-40,61H,18-19,21-24H2,1H3,(H,52,63)(H,53,64)(H,54,65)(H,66,67)(H,68,69)(H,70,71)(H,72,73)(H,50,56,57)(H,55,60,62). The Bertz CT molecular complexity index is 3780. The number of aromatic nitrogens is 6. The summed E-state index contributed by atoms with van der Waals surface area (Å²) in [6.07, 6.45) is -21.0. The van der Waals surface area contributed by atoms with Gasteiger partial charge in [0.25, 0.3) is 5.56 Å². The molecule has 0 spiro atoms. The van der Waals surface area contributed by atoms with Crippen LogP contribution in [-0.2, 0) is 63.9 Å². The predicted molar refractivity (Wildman–Crippen MR) is 304 cm³/mol. The summed E-state index contributed by atoms with van der Waals surface area (Å²) in [5.74, 6) is 0.0238. The highest BCUT2D eigenvalue weighted by atomic mass is 32.2. The third-order valence-corrected chi connectivity index (χ3v) is 19.2. The molecule has 3 amide bonds. The number of para-hydroxylation sites is 3. The lowest BCUT2D eigenvalue weighted by atomic mass is 10.1. The molecule has 34 nitrogen and oxygen atoms in total. The number of benzene rings is 3. The van der Waals surface area contributed by atoms with Crippen LogP contribution in [0, 0.1) is 0 Å². The summed E-state index contributed by atoms with van der Waals surface area (Å²) < 4.78 is 145. The predicted octanol–water partition coefficient (Wildman–Crippen LogP) is 6.69. The van der Waals surface area contributed by atoms with Gasteiger partial charge in [0.15, 0.2) is 52.9 Å². The smallest absolute Gasteiger partial charge is 0.439 e. The number of hydrogen-bond donors (Lipinski definition) is 10. The first kappa shape index (κ1) is 68.3. The second-order valence-corrected chi connectivity index (χ2v) is 26.5. The number of phosphoric acid groups is 4. The fourth-order valence-electron chi connectivity index (χ4n) is 8.15. The molecule has 2 fully saturated rings. The minimum absolute atomic E-state index is 0.00809. The molecule has 8 rings (SSSR count). The summed E-state index contributed by atoms with van der Waals surface area (Å²) in [5.41, 5.74) is -1.67. The van der Waals surface area contributed by atoms with Gasteiger partial charge in [-0.15, -0.1) is 0 Å². The van der Waals surface area contributed by atoms with E-state index in [0.29, 0.717) is 22.1 Å². The van der Waals surface area contributed by atoms with Crippen LogP contribution in [0.3, 0.4) is 0 Å². The van der Waals surface area contributed by atoms with Crippen LogP contribution in [0.15, 0.2) is 124 Å². The highest BCUT2D eigenvalue weighted by Gasteiger charge is 2.54. The van der Waals surface area contributed by atoms with E-state index in [1.54, 1.807) is 42.5 Å². The van der Waals surface area contributed by atoms with Crippen LogP contribution in [-0.4, -0.2) is 152 Å². The number of anilines is 4. The van der Waals surface area contributed by atoms with Crippen LogP contribution in [0.25, 0.3) is 11.2 Å². The van der Waals surface area contributed by atoms with E-state index in [2.05, 4.69) is 53.7 Å². The van der Waals surface area contributed by atoms with Gasteiger partial charge in [0, 0.05) is 47.4 Å². The number of aliphatic hydroxyl groups is 1. The van der Waals surface area contributed by atoms with E-state index in [-0.39, 0.29) is 45.7 Å². The molecule has 2 saturated heterocycles. The molecular formula is C46H51F3N10O24P4S2. The molecule has 2 aliphatic rings. The monoisotopic (exact) mass is 1370 g/mol. The molecule has 5 heterocycles. The van der Waals surface area contributed by atoms with E-state index in [1.807, 2.05) is 11.2 Å². The number of ether oxygens (including phenoxy) is 5. The Morgan fingerprint density at radius 1 is 0.663 bits per heavy atom. The van der Waals surface area contributed by atoms with Gasteiger partial charge in [-0.05, 0) is 42.7 Å². The molecule has 0 saturated carbocycles. The topological polar surface area (TPSA) is 460 Å². The summed E-state index contributed by atoms with van der Waals surface area (Å²) >= 11 is 2.06. The number of aliphatic hydroxyl groups excluding tert-OH is 1. The fraction of sp³-hybridized carbons (Fsp3) is 0.348. The molecular weight excluding hydrogens is 1320 g/mol. The van der Waals surface area contributed by atoms with Gasteiger partial charge in [-0.2, -0.15) is 37.9 Å². The Morgan fingerprint density at radius 3 is 1.66 bits per heavy atom. The molecule has 0 bridgehead atoms. The zero-order chi connectivity index (χ0) is 64.3. The third kappa shape index (κ3) is 19.7.